The Morgan fingerprint density at radius 1 is 0.914 bits per heavy atom. The Hall–Kier alpha value is -3.83. The van der Waals surface area contributed by atoms with Crippen molar-refractivity contribution in [3.05, 3.63) is 101 Å². The Balaban J connectivity index is 1.51. The van der Waals surface area contributed by atoms with Crippen molar-refractivity contribution >= 4 is 39.5 Å². The molecule has 35 heavy (non-hydrogen) atoms. The van der Waals surface area contributed by atoms with Gasteiger partial charge in [0.15, 0.2) is 0 Å². The third-order valence-corrected chi connectivity index (χ3v) is 7.57. The van der Waals surface area contributed by atoms with Gasteiger partial charge in [-0.25, -0.2) is 9.97 Å². The number of aromatic nitrogens is 3. The summed E-state index contributed by atoms with van der Waals surface area (Å²) in [7, 11) is 0. The maximum absolute atomic E-state index is 13.4. The van der Waals surface area contributed by atoms with Gasteiger partial charge in [-0.15, -0.1) is 0 Å². The van der Waals surface area contributed by atoms with E-state index >= 15 is 0 Å². The van der Waals surface area contributed by atoms with E-state index in [0.717, 1.165) is 50.1 Å². The van der Waals surface area contributed by atoms with Gasteiger partial charge in [-0.2, -0.15) is 0 Å². The van der Waals surface area contributed by atoms with Crippen molar-refractivity contribution in [3.63, 3.8) is 0 Å². The number of pyridine rings is 1. The lowest BCUT2D eigenvalue weighted by Crippen LogP contribution is -2.18. The quantitative estimate of drug-likeness (QED) is 0.295. The number of nitrogens with zero attached hydrogens (tertiary/aromatic N) is 3. The van der Waals surface area contributed by atoms with Gasteiger partial charge in [0.2, 0.25) is 0 Å². The molecule has 3 atom stereocenters. The Morgan fingerprint density at radius 3 is 2.63 bits per heavy atom. The number of hydrogen-bond donors (Lipinski definition) is 0. The highest BCUT2D eigenvalue weighted by molar-refractivity contribution is 6.31. The van der Waals surface area contributed by atoms with Crippen LogP contribution in [0.2, 0.25) is 5.02 Å². The van der Waals surface area contributed by atoms with Gasteiger partial charge in [-0.1, -0.05) is 60.1 Å². The van der Waals surface area contributed by atoms with Crippen LogP contribution in [-0.2, 0) is 14.9 Å². The number of hydrogen-bond acceptors (Lipinski definition) is 5. The molecule has 0 N–H and O–H groups in total. The van der Waals surface area contributed by atoms with Crippen LogP contribution in [0.5, 0.6) is 0 Å². The van der Waals surface area contributed by atoms with Crippen molar-refractivity contribution in [2.45, 2.75) is 18.3 Å². The minimum absolute atomic E-state index is 0.201. The second-order valence-corrected chi connectivity index (χ2v) is 9.54. The topological polar surface area (TPSA) is 65.0 Å². The SMILES string of the molecule is CCOC(=O)[C@@H]1[C@@H](c2ccc3ccccc3n2)[C@@]12c1ccccc1-c1nc3cc(Cl)ccc3nc12. The van der Waals surface area contributed by atoms with Crippen molar-refractivity contribution in [2.24, 2.45) is 5.92 Å². The van der Waals surface area contributed by atoms with Crippen LogP contribution in [0.1, 0.15) is 29.8 Å². The van der Waals surface area contributed by atoms with Crippen molar-refractivity contribution in [2.75, 3.05) is 6.61 Å². The van der Waals surface area contributed by atoms with Gasteiger partial charge in [0.1, 0.15) is 0 Å². The van der Waals surface area contributed by atoms with Gasteiger partial charge in [0, 0.05) is 27.6 Å². The van der Waals surface area contributed by atoms with Crippen LogP contribution in [-0.4, -0.2) is 27.5 Å². The van der Waals surface area contributed by atoms with Crippen LogP contribution in [0.4, 0.5) is 0 Å². The second-order valence-electron chi connectivity index (χ2n) is 9.10. The van der Waals surface area contributed by atoms with Gasteiger partial charge in [-0.3, -0.25) is 9.78 Å². The van der Waals surface area contributed by atoms with E-state index in [1.54, 1.807) is 0 Å². The van der Waals surface area contributed by atoms with Gasteiger partial charge < -0.3 is 4.74 Å². The predicted octanol–water partition coefficient (Wildman–Crippen LogP) is 6.07. The molecule has 0 unspecified atom stereocenters. The fourth-order valence-corrected chi connectivity index (χ4v) is 6.08. The van der Waals surface area contributed by atoms with Crippen molar-refractivity contribution < 1.29 is 9.53 Å². The summed E-state index contributed by atoms with van der Waals surface area (Å²) in [5.41, 5.74) is 6.23. The summed E-state index contributed by atoms with van der Waals surface area (Å²) in [4.78, 5) is 28.5. The smallest absolute Gasteiger partial charge is 0.310 e. The van der Waals surface area contributed by atoms with Crippen molar-refractivity contribution in [3.8, 4) is 11.3 Å². The van der Waals surface area contributed by atoms with Crippen molar-refractivity contribution in [1.29, 1.82) is 0 Å². The minimum atomic E-state index is -0.672. The molecular formula is C29H20ClN3O2. The van der Waals surface area contributed by atoms with Gasteiger partial charge in [0.25, 0.3) is 0 Å². The molecule has 5 aromatic rings. The Bertz CT molecular complexity index is 1680. The molecule has 2 aliphatic carbocycles. The van der Waals surface area contributed by atoms with E-state index in [4.69, 9.17) is 31.3 Å². The Labute approximate surface area is 206 Å². The minimum Gasteiger partial charge on any atom is -0.466 e. The van der Waals surface area contributed by atoms with Crippen molar-refractivity contribution in [1.82, 2.24) is 15.0 Å². The van der Waals surface area contributed by atoms with Crippen LogP contribution in [0.15, 0.2) is 78.9 Å². The standard InChI is InChI=1S/C29H20ClN3O2/c1-2-35-28(34)25-24(22-13-11-16-7-3-6-10-20(16)31-22)29(25)19-9-5-4-8-18(19)26-27(29)33-21-14-12-17(30)15-23(21)32-26/h3-15,24-25H,2H2,1H3/t24-,25+,29+/m1/s1. The number of ether oxygens (including phenoxy) is 1. The number of halogens is 1. The molecule has 1 fully saturated rings. The van der Waals surface area contributed by atoms with Crippen LogP contribution < -0.4 is 0 Å². The zero-order valence-corrected chi connectivity index (χ0v) is 19.7. The van der Waals surface area contributed by atoms with E-state index in [9.17, 15) is 4.79 Å². The Kier molecular flexibility index (Phi) is 4.30. The molecule has 0 bridgehead atoms. The monoisotopic (exact) mass is 477 g/mol. The summed E-state index contributed by atoms with van der Waals surface area (Å²) in [6, 6.07) is 25.8. The number of fused-ring (bicyclic) bond motifs is 7. The molecule has 7 rings (SSSR count). The number of benzene rings is 3. The first kappa shape index (κ1) is 20.5. The van der Waals surface area contributed by atoms with E-state index in [-0.39, 0.29) is 11.9 Å². The summed E-state index contributed by atoms with van der Waals surface area (Å²) in [5.74, 6) is -0.863. The largest absolute Gasteiger partial charge is 0.466 e. The van der Waals surface area contributed by atoms with E-state index in [2.05, 4.69) is 18.2 Å². The lowest BCUT2D eigenvalue weighted by molar-refractivity contribution is -0.145. The van der Waals surface area contributed by atoms with E-state index < -0.39 is 11.3 Å². The van der Waals surface area contributed by atoms with Crippen LogP contribution in [0.25, 0.3) is 33.2 Å². The molecule has 5 nitrogen and oxygen atoms in total. The average molecular weight is 478 g/mol. The normalized spacial score (nSPS) is 21.8. The summed E-state index contributed by atoms with van der Waals surface area (Å²) >= 11 is 6.25. The molecule has 0 aliphatic heterocycles. The molecule has 170 valence electrons. The first-order valence-electron chi connectivity index (χ1n) is 11.7. The van der Waals surface area contributed by atoms with Gasteiger partial charge in [-0.05, 0) is 42.8 Å². The maximum Gasteiger partial charge on any atom is 0.310 e. The lowest BCUT2D eigenvalue weighted by atomic mass is 9.91. The molecule has 0 saturated heterocycles. The number of para-hydroxylation sites is 1. The molecule has 2 aromatic heterocycles. The third kappa shape index (κ3) is 2.76. The number of esters is 1. The predicted molar refractivity (Wildman–Crippen MR) is 135 cm³/mol. The molecule has 0 amide bonds. The second kappa shape index (κ2) is 7.33. The number of carbonyl (C=O) groups is 1. The average Bonchev–Trinajstić information content (AvgIpc) is 3.51. The molecule has 6 heteroatoms. The summed E-state index contributed by atoms with van der Waals surface area (Å²) in [5, 5.41) is 1.68. The highest BCUT2D eigenvalue weighted by Gasteiger charge is 2.75. The fraction of sp³-hybridized carbons (Fsp3) is 0.172. The van der Waals surface area contributed by atoms with Gasteiger partial charge in [0.05, 0.1) is 45.9 Å². The van der Waals surface area contributed by atoms with E-state index in [1.165, 1.54) is 0 Å². The molecule has 2 heterocycles. The first-order valence-corrected chi connectivity index (χ1v) is 12.1. The zero-order chi connectivity index (χ0) is 23.7. The molecule has 0 radical (unpaired) electrons. The van der Waals surface area contributed by atoms with Crippen LogP contribution >= 0.6 is 11.6 Å². The Morgan fingerprint density at radius 2 is 1.74 bits per heavy atom. The first-order chi connectivity index (χ1) is 17.1. The summed E-state index contributed by atoms with van der Waals surface area (Å²) in [6.07, 6.45) is 0. The highest BCUT2D eigenvalue weighted by Crippen LogP contribution is 2.73. The molecule has 1 spiro atoms. The summed E-state index contributed by atoms with van der Waals surface area (Å²) < 4.78 is 5.59. The summed E-state index contributed by atoms with van der Waals surface area (Å²) in [6.45, 7) is 2.16. The lowest BCUT2D eigenvalue weighted by Gasteiger charge is -2.14. The van der Waals surface area contributed by atoms with Gasteiger partial charge >= 0.3 is 5.97 Å². The number of carbonyl (C=O) groups excluding carboxylic acids is 1. The van der Waals surface area contributed by atoms with E-state index in [0.29, 0.717) is 11.6 Å². The number of rotatable bonds is 3. The third-order valence-electron chi connectivity index (χ3n) is 7.33. The molecule has 1 saturated carbocycles. The highest BCUT2D eigenvalue weighted by atomic mass is 35.5. The van der Waals surface area contributed by atoms with Crippen LogP contribution in [0, 0.1) is 5.92 Å². The van der Waals surface area contributed by atoms with Crippen LogP contribution in [0.3, 0.4) is 0 Å². The molecule has 2 aliphatic rings. The fourth-order valence-electron chi connectivity index (χ4n) is 5.91. The maximum atomic E-state index is 13.4. The van der Waals surface area contributed by atoms with E-state index in [1.807, 2.05) is 67.6 Å². The zero-order valence-electron chi connectivity index (χ0n) is 18.9. The molecular weight excluding hydrogens is 458 g/mol. The molecule has 3 aromatic carbocycles.